The van der Waals surface area contributed by atoms with Gasteiger partial charge in [-0.05, 0) is 75.0 Å². The zero-order valence-electron chi connectivity index (χ0n) is 18.3. The van der Waals surface area contributed by atoms with E-state index in [-0.39, 0.29) is 24.2 Å². The highest BCUT2D eigenvalue weighted by molar-refractivity contribution is 5.85. The Bertz CT molecular complexity index is 880. The fourth-order valence-corrected chi connectivity index (χ4v) is 4.02. The van der Waals surface area contributed by atoms with Gasteiger partial charge in [0.15, 0.2) is 0 Å². The lowest BCUT2D eigenvalue weighted by molar-refractivity contribution is -0.137. The Kier molecular flexibility index (Phi) is 9.40. The Labute approximate surface area is 193 Å². The number of carbonyl (C=O) groups is 1. The highest BCUT2D eigenvalue weighted by Crippen LogP contribution is 2.32. The third-order valence-electron chi connectivity index (χ3n) is 5.87. The lowest BCUT2D eigenvalue weighted by Crippen LogP contribution is -2.37. The number of hydrogen-bond acceptors (Lipinski definition) is 3. The smallest absolute Gasteiger partial charge is 0.416 e. The molecule has 2 aromatic carbocycles. The Morgan fingerprint density at radius 3 is 2.22 bits per heavy atom. The SMILES string of the molecule is CCOc1ccc(-c2ccc(C(F)(F)F)cc2)cc1CNC(=O)C1CCC(NC)CC1.Cl. The Morgan fingerprint density at radius 2 is 1.66 bits per heavy atom. The van der Waals surface area contributed by atoms with Crippen LogP contribution in [0.2, 0.25) is 0 Å². The Morgan fingerprint density at radius 1 is 1.03 bits per heavy atom. The zero-order valence-corrected chi connectivity index (χ0v) is 19.1. The summed E-state index contributed by atoms with van der Waals surface area (Å²) in [5.74, 6) is 0.715. The summed E-state index contributed by atoms with van der Waals surface area (Å²) in [7, 11) is 1.95. The van der Waals surface area contributed by atoms with Gasteiger partial charge in [0, 0.05) is 24.1 Å². The molecule has 4 nitrogen and oxygen atoms in total. The third-order valence-corrected chi connectivity index (χ3v) is 5.87. The summed E-state index contributed by atoms with van der Waals surface area (Å²) in [6.45, 7) is 2.68. The molecule has 0 atom stereocenters. The second kappa shape index (κ2) is 11.6. The fraction of sp³-hybridized carbons (Fsp3) is 0.458. The van der Waals surface area contributed by atoms with Gasteiger partial charge in [0.25, 0.3) is 0 Å². The second-order valence-electron chi connectivity index (χ2n) is 7.89. The van der Waals surface area contributed by atoms with Gasteiger partial charge in [-0.3, -0.25) is 4.79 Å². The maximum absolute atomic E-state index is 12.8. The van der Waals surface area contributed by atoms with E-state index in [1.165, 1.54) is 12.1 Å². The summed E-state index contributed by atoms with van der Waals surface area (Å²) < 4.78 is 44.2. The fourth-order valence-electron chi connectivity index (χ4n) is 4.02. The van der Waals surface area contributed by atoms with Crippen molar-refractivity contribution < 1.29 is 22.7 Å². The maximum Gasteiger partial charge on any atom is 0.416 e. The average Bonchev–Trinajstić information content (AvgIpc) is 2.78. The molecule has 1 fully saturated rings. The van der Waals surface area contributed by atoms with Crippen LogP contribution in [-0.4, -0.2) is 25.6 Å². The molecule has 0 spiro atoms. The van der Waals surface area contributed by atoms with Gasteiger partial charge >= 0.3 is 6.18 Å². The van der Waals surface area contributed by atoms with Gasteiger partial charge < -0.3 is 15.4 Å². The first-order valence-electron chi connectivity index (χ1n) is 10.7. The molecular weight excluding hydrogens is 441 g/mol. The molecule has 176 valence electrons. The van der Waals surface area contributed by atoms with Gasteiger partial charge in [0.2, 0.25) is 5.91 Å². The van der Waals surface area contributed by atoms with E-state index in [4.69, 9.17) is 4.74 Å². The van der Waals surface area contributed by atoms with Crippen LogP contribution in [0.1, 0.15) is 43.7 Å². The van der Waals surface area contributed by atoms with E-state index in [0.717, 1.165) is 48.9 Å². The maximum atomic E-state index is 12.8. The van der Waals surface area contributed by atoms with Crippen LogP contribution in [0, 0.1) is 5.92 Å². The van der Waals surface area contributed by atoms with Crippen molar-refractivity contribution in [1.82, 2.24) is 10.6 Å². The summed E-state index contributed by atoms with van der Waals surface area (Å²) >= 11 is 0. The van der Waals surface area contributed by atoms with Gasteiger partial charge in [0.1, 0.15) is 5.75 Å². The summed E-state index contributed by atoms with van der Waals surface area (Å²) in [5, 5.41) is 6.29. The molecule has 8 heteroatoms. The standard InChI is InChI=1S/C24H29F3N2O2.ClH/c1-3-31-22-13-8-18(16-4-9-20(10-5-16)24(25,26)27)14-19(22)15-29-23(30)17-6-11-21(28-2)12-7-17;/h4-5,8-10,13-14,17,21,28H,3,6-7,11-12,15H2,1-2H3,(H,29,30);1H. The van der Waals surface area contributed by atoms with Gasteiger partial charge in [-0.25, -0.2) is 0 Å². The molecule has 3 rings (SSSR count). The summed E-state index contributed by atoms with van der Waals surface area (Å²) in [4.78, 5) is 12.6. The first-order chi connectivity index (χ1) is 14.8. The van der Waals surface area contributed by atoms with E-state index in [9.17, 15) is 18.0 Å². The van der Waals surface area contributed by atoms with Crippen molar-refractivity contribution in [2.45, 2.75) is 51.4 Å². The minimum absolute atomic E-state index is 0. The third kappa shape index (κ3) is 6.62. The molecule has 1 aliphatic rings. The van der Waals surface area contributed by atoms with Gasteiger partial charge in [-0.2, -0.15) is 13.2 Å². The molecule has 1 saturated carbocycles. The van der Waals surface area contributed by atoms with Gasteiger partial charge in [-0.15, -0.1) is 12.4 Å². The molecule has 0 heterocycles. The summed E-state index contributed by atoms with van der Waals surface area (Å²) in [6, 6.07) is 11.0. The van der Waals surface area contributed by atoms with Crippen LogP contribution >= 0.6 is 12.4 Å². The van der Waals surface area contributed by atoms with E-state index < -0.39 is 11.7 Å². The molecule has 0 unspecified atom stereocenters. The van der Waals surface area contributed by atoms with Crippen molar-refractivity contribution in [2.24, 2.45) is 5.92 Å². The molecule has 0 radical (unpaired) electrons. The number of nitrogens with one attached hydrogen (secondary N) is 2. The Hall–Kier alpha value is -2.25. The predicted molar refractivity (Wildman–Crippen MR) is 122 cm³/mol. The molecule has 0 bridgehead atoms. The van der Waals surface area contributed by atoms with Crippen molar-refractivity contribution in [3.8, 4) is 16.9 Å². The molecule has 32 heavy (non-hydrogen) atoms. The van der Waals surface area contributed by atoms with Gasteiger partial charge in [-0.1, -0.05) is 18.2 Å². The van der Waals surface area contributed by atoms with Crippen LogP contribution in [0.3, 0.4) is 0 Å². The number of rotatable bonds is 7. The lowest BCUT2D eigenvalue weighted by Gasteiger charge is -2.27. The minimum Gasteiger partial charge on any atom is -0.494 e. The largest absolute Gasteiger partial charge is 0.494 e. The average molecular weight is 471 g/mol. The van der Waals surface area contributed by atoms with Crippen molar-refractivity contribution in [3.05, 3.63) is 53.6 Å². The molecule has 2 N–H and O–H groups in total. The number of benzene rings is 2. The molecular formula is C24H30ClF3N2O2. The molecule has 1 amide bonds. The normalized spacial score (nSPS) is 18.5. The number of hydrogen-bond donors (Lipinski definition) is 2. The summed E-state index contributed by atoms with van der Waals surface area (Å²) in [5.41, 5.74) is 1.57. The van der Waals surface area contributed by atoms with Crippen LogP contribution in [0.5, 0.6) is 5.75 Å². The molecule has 2 aromatic rings. The summed E-state index contributed by atoms with van der Waals surface area (Å²) in [6.07, 6.45) is -0.661. The quantitative estimate of drug-likeness (QED) is 0.554. The molecule has 0 aromatic heterocycles. The van der Waals surface area contributed by atoms with E-state index >= 15 is 0 Å². The van der Waals surface area contributed by atoms with E-state index in [0.29, 0.717) is 30.5 Å². The topological polar surface area (TPSA) is 50.4 Å². The lowest BCUT2D eigenvalue weighted by atomic mass is 9.85. The number of alkyl halides is 3. The van der Waals surface area contributed by atoms with Crippen LogP contribution in [0.15, 0.2) is 42.5 Å². The first-order valence-corrected chi connectivity index (χ1v) is 10.7. The zero-order chi connectivity index (χ0) is 22.4. The van der Waals surface area contributed by atoms with Crippen LogP contribution in [0.25, 0.3) is 11.1 Å². The predicted octanol–water partition coefficient (Wildman–Crippen LogP) is 5.59. The van der Waals surface area contributed by atoms with E-state index in [2.05, 4.69) is 10.6 Å². The van der Waals surface area contributed by atoms with Crippen molar-refractivity contribution in [2.75, 3.05) is 13.7 Å². The number of halogens is 4. The van der Waals surface area contributed by atoms with Crippen molar-refractivity contribution in [3.63, 3.8) is 0 Å². The monoisotopic (exact) mass is 470 g/mol. The van der Waals surface area contributed by atoms with Gasteiger partial charge in [0.05, 0.1) is 12.2 Å². The van der Waals surface area contributed by atoms with Crippen LogP contribution in [-0.2, 0) is 17.5 Å². The minimum atomic E-state index is -4.36. The van der Waals surface area contributed by atoms with Crippen molar-refractivity contribution in [1.29, 1.82) is 0 Å². The van der Waals surface area contributed by atoms with Crippen LogP contribution < -0.4 is 15.4 Å². The number of ether oxygens (including phenoxy) is 1. The highest BCUT2D eigenvalue weighted by Gasteiger charge is 2.30. The highest BCUT2D eigenvalue weighted by atomic mass is 35.5. The molecule has 1 aliphatic carbocycles. The van der Waals surface area contributed by atoms with Crippen molar-refractivity contribution >= 4 is 18.3 Å². The second-order valence-corrected chi connectivity index (χ2v) is 7.89. The molecule has 0 aliphatic heterocycles. The van der Waals surface area contributed by atoms with E-state index in [1.807, 2.05) is 26.1 Å². The van der Waals surface area contributed by atoms with E-state index in [1.54, 1.807) is 6.07 Å². The molecule has 0 saturated heterocycles. The first kappa shape index (κ1) is 26.0. The number of carbonyl (C=O) groups excluding carboxylic acids is 1. The van der Waals surface area contributed by atoms with Crippen LogP contribution in [0.4, 0.5) is 13.2 Å². The Balaban J connectivity index is 0.00000363. The number of amides is 1.